The zero-order valence-corrected chi connectivity index (χ0v) is 7.81. The number of alkyl halides is 2. The molecule has 0 aromatic carbocycles. The highest BCUT2D eigenvalue weighted by molar-refractivity contribution is 4.89. The highest BCUT2D eigenvalue weighted by Crippen LogP contribution is 2.46. The fourth-order valence-corrected chi connectivity index (χ4v) is 2.87. The summed E-state index contributed by atoms with van der Waals surface area (Å²) in [4.78, 5) is 0. The zero-order chi connectivity index (χ0) is 9.47. The lowest BCUT2D eigenvalue weighted by Gasteiger charge is -2.41. The van der Waals surface area contributed by atoms with Crippen molar-refractivity contribution < 1.29 is 8.78 Å². The van der Waals surface area contributed by atoms with Crippen LogP contribution in [0.4, 0.5) is 8.78 Å². The van der Waals surface area contributed by atoms with Crippen LogP contribution in [-0.2, 0) is 0 Å². The molecular weight excluding hydrogens is 172 g/mol. The molecule has 1 nitrogen and oxygen atoms in total. The maximum Gasteiger partial charge on any atom is 0.248 e. The molecule has 0 aromatic heterocycles. The fraction of sp³-hybridized carbons (Fsp3) is 1.00. The van der Waals surface area contributed by atoms with Crippen molar-refractivity contribution in [2.24, 2.45) is 17.6 Å². The van der Waals surface area contributed by atoms with Gasteiger partial charge in [0.25, 0.3) is 0 Å². The second-order valence-corrected chi connectivity index (χ2v) is 4.69. The maximum atomic E-state index is 13.0. The van der Waals surface area contributed by atoms with E-state index in [9.17, 15) is 8.78 Å². The molecule has 3 atom stereocenters. The summed E-state index contributed by atoms with van der Waals surface area (Å²) >= 11 is 0. The van der Waals surface area contributed by atoms with Crippen molar-refractivity contribution in [3.63, 3.8) is 0 Å². The first-order valence-corrected chi connectivity index (χ1v) is 5.20. The first kappa shape index (κ1) is 9.38. The van der Waals surface area contributed by atoms with E-state index in [2.05, 4.69) is 0 Å². The minimum atomic E-state index is -2.39. The summed E-state index contributed by atoms with van der Waals surface area (Å²) in [6, 6.07) is 0.271. The van der Waals surface area contributed by atoms with E-state index in [1.807, 2.05) is 0 Å². The third kappa shape index (κ3) is 2.01. The van der Waals surface area contributed by atoms with Crippen molar-refractivity contribution >= 4 is 0 Å². The van der Waals surface area contributed by atoms with Gasteiger partial charge in [-0.05, 0) is 37.5 Å². The number of fused-ring (bicyclic) bond motifs is 1. The maximum absolute atomic E-state index is 13.0. The lowest BCUT2D eigenvalue weighted by atomic mass is 9.68. The Hall–Kier alpha value is -0.180. The van der Waals surface area contributed by atoms with Crippen LogP contribution < -0.4 is 5.73 Å². The number of halogens is 2. The SMILES string of the molecule is NC1CCC2CC(F)(F)CCC2C1. The highest BCUT2D eigenvalue weighted by atomic mass is 19.3. The number of rotatable bonds is 0. The average molecular weight is 189 g/mol. The summed E-state index contributed by atoms with van der Waals surface area (Å²) in [6.07, 6.45) is 3.72. The van der Waals surface area contributed by atoms with Crippen LogP contribution in [-0.4, -0.2) is 12.0 Å². The van der Waals surface area contributed by atoms with Gasteiger partial charge in [-0.25, -0.2) is 8.78 Å². The van der Waals surface area contributed by atoms with Crippen LogP contribution in [0.1, 0.15) is 38.5 Å². The molecule has 3 heteroatoms. The van der Waals surface area contributed by atoms with Gasteiger partial charge in [0.05, 0.1) is 0 Å². The van der Waals surface area contributed by atoms with Crippen molar-refractivity contribution in [1.29, 1.82) is 0 Å². The number of nitrogens with two attached hydrogens (primary N) is 1. The van der Waals surface area contributed by atoms with E-state index in [1.54, 1.807) is 0 Å². The Morgan fingerprint density at radius 3 is 2.62 bits per heavy atom. The van der Waals surface area contributed by atoms with Crippen LogP contribution in [0.5, 0.6) is 0 Å². The van der Waals surface area contributed by atoms with E-state index in [-0.39, 0.29) is 24.8 Å². The van der Waals surface area contributed by atoms with E-state index in [4.69, 9.17) is 5.73 Å². The first-order chi connectivity index (χ1) is 6.07. The summed E-state index contributed by atoms with van der Waals surface area (Å²) < 4.78 is 26.1. The Kier molecular flexibility index (Phi) is 2.30. The van der Waals surface area contributed by atoms with E-state index < -0.39 is 5.92 Å². The van der Waals surface area contributed by atoms with Crippen LogP contribution in [0, 0.1) is 11.8 Å². The summed E-state index contributed by atoms with van der Waals surface area (Å²) in [5, 5.41) is 0. The van der Waals surface area contributed by atoms with Gasteiger partial charge in [-0.3, -0.25) is 0 Å². The van der Waals surface area contributed by atoms with Crippen molar-refractivity contribution in [2.75, 3.05) is 0 Å². The number of hydrogen-bond donors (Lipinski definition) is 1. The average Bonchev–Trinajstić information content (AvgIpc) is 2.05. The van der Waals surface area contributed by atoms with Crippen LogP contribution in [0.25, 0.3) is 0 Å². The summed E-state index contributed by atoms with van der Waals surface area (Å²) in [7, 11) is 0. The Balaban J connectivity index is 1.98. The minimum absolute atomic E-state index is 0.0842. The second kappa shape index (κ2) is 3.19. The molecule has 0 aliphatic heterocycles. The smallest absolute Gasteiger partial charge is 0.248 e. The van der Waals surface area contributed by atoms with Crippen LogP contribution >= 0.6 is 0 Å². The van der Waals surface area contributed by atoms with Gasteiger partial charge in [-0.2, -0.15) is 0 Å². The van der Waals surface area contributed by atoms with Gasteiger partial charge in [-0.15, -0.1) is 0 Å². The Morgan fingerprint density at radius 2 is 1.85 bits per heavy atom. The first-order valence-electron chi connectivity index (χ1n) is 5.20. The molecule has 0 heterocycles. The van der Waals surface area contributed by atoms with Crippen LogP contribution in [0.2, 0.25) is 0 Å². The molecule has 76 valence electrons. The van der Waals surface area contributed by atoms with Gasteiger partial charge in [0.15, 0.2) is 0 Å². The molecule has 0 saturated heterocycles. The second-order valence-electron chi connectivity index (χ2n) is 4.69. The summed E-state index contributed by atoms with van der Waals surface area (Å²) in [5.74, 6) is -1.64. The molecule has 0 spiro atoms. The van der Waals surface area contributed by atoms with Gasteiger partial charge in [0.1, 0.15) is 0 Å². The standard InChI is InChI=1S/C10H17F2N/c11-10(12)4-3-7-5-9(13)2-1-8(7)6-10/h7-9H,1-6,13H2. The summed E-state index contributed by atoms with van der Waals surface area (Å²) in [6.45, 7) is 0. The van der Waals surface area contributed by atoms with Crippen molar-refractivity contribution in [1.82, 2.24) is 0 Å². The molecule has 0 radical (unpaired) electrons. The molecule has 2 N–H and O–H groups in total. The quantitative estimate of drug-likeness (QED) is 0.622. The lowest BCUT2D eigenvalue weighted by Crippen LogP contribution is -2.40. The Bertz CT molecular complexity index is 193. The lowest BCUT2D eigenvalue weighted by molar-refractivity contribution is -0.0785. The molecule has 0 bridgehead atoms. The molecule has 13 heavy (non-hydrogen) atoms. The van der Waals surface area contributed by atoms with E-state index >= 15 is 0 Å². The molecule has 2 fully saturated rings. The number of hydrogen-bond acceptors (Lipinski definition) is 1. The summed E-state index contributed by atoms with van der Waals surface area (Å²) in [5.41, 5.74) is 5.82. The molecule has 2 saturated carbocycles. The van der Waals surface area contributed by atoms with Crippen molar-refractivity contribution in [3.8, 4) is 0 Å². The van der Waals surface area contributed by atoms with Crippen LogP contribution in [0.15, 0.2) is 0 Å². The molecule has 2 aliphatic rings. The fourth-order valence-electron chi connectivity index (χ4n) is 2.87. The molecule has 3 unspecified atom stereocenters. The van der Waals surface area contributed by atoms with Gasteiger partial charge in [-0.1, -0.05) is 0 Å². The molecule has 0 amide bonds. The topological polar surface area (TPSA) is 26.0 Å². The highest BCUT2D eigenvalue weighted by Gasteiger charge is 2.42. The predicted molar refractivity (Wildman–Crippen MR) is 47.6 cm³/mol. The Labute approximate surface area is 77.7 Å². The normalized spacial score (nSPS) is 44.1. The van der Waals surface area contributed by atoms with E-state index in [1.165, 1.54) is 0 Å². The molecule has 0 aromatic rings. The van der Waals surface area contributed by atoms with Gasteiger partial charge >= 0.3 is 0 Å². The third-order valence-electron chi connectivity index (χ3n) is 3.62. The van der Waals surface area contributed by atoms with Gasteiger partial charge in [0, 0.05) is 18.9 Å². The van der Waals surface area contributed by atoms with E-state index in [0.717, 1.165) is 19.3 Å². The van der Waals surface area contributed by atoms with Crippen molar-refractivity contribution in [2.45, 2.75) is 50.5 Å². The van der Waals surface area contributed by atoms with Gasteiger partial charge < -0.3 is 5.73 Å². The van der Waals surface area contributed by atoms with E-state index in [0.29, 0.717) is 12.3 Å². The monoisotopic (exact) mass is 189 g/mol. The van der Waals surface area contributed by atoms with Crippen molar-refractivity contribution in [3.05, 3.63) is 0 Å². The Morgan fingerprint density at radius 1 is 1.08 bits per heavy atom. The minimum Gasteiger partial charge on any atom is -0.328 e. The zero-order valence-electron chi connectivity index (χ0n) is 7.81. The molecule has 2 aliphatic carbocycles. The van der Waals surface area contributed by atoms with Gasteiger partial charge in [0.2, 0.25) is 5.92 Å². The predicted octanol–water partition coefficient (Wildman–Crippen LogP) is 2.55. The van der Waals surface area contributed by atoms with Crippen LogP contribution in [0.3, 0.4) is 0 Å². The molecular formula is C10H17F2N. The third-order valence-corrected chi connectivity index (χ3v) is 3.62. The largest absolute Gasteiger partial charge is 0.328 e. The molecule has 2 rings (SSSR count).